The Balaban J connectivity index is 2.51. The first-order valence-electron chi connectivity index (χ1n) is 5.43. The molecule has 6 heteroatoms. The van der Waals surface area contributed by atoms with E-state index in [1.54, 1.807) is 10.6 Å². The molecule has 0 aliphatic carbocycles. The topological polar surface area (TPSA) is 44.1 Å². The Hall–Kier alpha value is -1.62. The van der Waals surface area contributed by atoms with Crippen LogP contribution in [0.25, 0.3) is 11.0 Å². The zero-order valence-electron chi connectivity index (χ0n) is 9.82. The molecule has 0 aliphatic rings. The summed E-state index contributed by atoms with van der Waals surface area (Å²) in [7, 11) is 1.32. The van der Waals surface area contributed by atoms with Crippen LogP contribution in [0.5, 0.6) is 0 Å². The number of nitrogens with zero attached hydrogens (tertiary/aromatic N) is 2. The van der Waals surface area contributed by atoms with Crippen molar-refractivity contribution in [3.63, 3.8) is 0 Å². The summed E-state index contributed by atoms with van der Waals surface area (Å²) in [6, 6.07) is 4.27. The van der Waals surface area contributed by atoms with Crippen LogP contribution in [0.2, 0.25) is 0 Å². The molecule has 4 nitrogen and oxygen atoms in total. The molecule has 0 N–H and O–H groups in total. The van der Waals surface area contributed by atoms with E-state index in [-0.39, 0.29) is 18.3 Å². The minimum absolute atomic E-state index is 0.0465. The maximum atomic E-state index is 13.1. The quantitative estimate of drug-likeness (QED) is 0.631. The first kappa shape index (κ1) is 12.8. The van der Waals surface area contributed by atoms with Crippen LogP contribution in [0.3, 0.4) is 0 Å². The molecule has 0 radical (unpaired) electrons. The van der Waals surface area contributed by atoms with Crippen LogP contribution in [0.15, 0.2) is 18.2 Å². The largest absolute Gasteiger partial charge is 0.468 e. The molecule has 0 bridgehead atoms. The van der Waals surface area contributed by atoms with Crippen LogP contribution in [0, 0.1) is 5.82 Å². The van der Waals surface area contributed by atoms with E-state index in [4.69, 9.17) is 11.6 Å². The monoisotopic (exact) mass is 270 g/mol. The Bertz CT molecular complexity index is 583. The van der Waals surface area contributed by atoms with Crippen LogP contribution in [-0.2, 0) is 22.5 Å². The number of ether oxygens (including phenoxy) is 1. The summed E-state index contributed by atoms with van der Waals surface area (Å²) in [5.74, 6) is 0.292. The Kier molecular flexibility index (Phi) is 3.81. The van der Waals surface area contributed by atoms with E-state index >= 15 is 0 Å². The molecular weight excluding hydrogens is 259 g/mol. The number of benzene rings is 1. The maximum absolute atomic E-state index is 13.1. The van der Waals surface area contributed by atoms with Gasteiger partial charge in [0.2, 0.25) is 0 Å². The molecule has 2 rings (SSSR count). The lowest BCUT2D eigenvalue weighted by atomic mass is 10.3. The number of hydrogen-bond donors (Lipinski definition) is 0. The molecule has 0 unspecified atom stereocenters. The second kappa shape index (κ2) is 5.35. The Labute approximate surface area is 108 Å². The van der Waals surface area contributed by atoms with Gasteiger partial charge in [0, 0.05) is 18.4 Å². The summed E-state index contributed by atoms with van der Waals surface area (Å²) >= 11 is 5.69. The van der Waals surface area contributed by atoms with Crippen molar-refractivity contribution < 1.29 is 13.9 Å². The fourth-order valence-electron chi connectivity index (χ4n) is 1.80. The van der Waals surface area contributed by atoms with Crippen LogP contribution in [0.1, 0.15) is 5.82 Å². The van der Waals surface area contributed by atoms with Crippen molar-refractivity contribution >= 4 is 28.6 Å². The summed E-state index contributed by atoms with van der Waals surface area (Å²) < 4.78 is 19.5. The Morgan fingerprint density at radius 1 is 1.56 bits per heavy atom. The van der Waals surface area contributed by atoms with Gasteiger partial charge in [-0.15, -0.1) is 11.6 Å². The van der Waals surface area contributed by atoms with Gasteiger partial charge >= 0.3 is 5.97 Å². The Morgan fingerprint density at radius 3 is 3.00 bits per heavy atom. The predicted octanol–water partition coefficient (Wildman–Crippen LogP) is 2.13. The van der Waals surface area contributed by atoms with Gasteiger partial charge in [-0.2, -0.15) is 0 Å². The van der Waals surface area contributed by atoms with Gasteiger partial charge in [0.05, 0.1) is 18.1 Å². The number of aryl methyl sites for hydroxylation is 1. The molecule has 1 aromatic heterocycles. The van der Waals surface area contributed by atoms with Crippen molar-refractivity contribution in [3.8, 4) is 0 Å². The normalized spacial score (nSPS) is 10.8. The van der Waals surface area contributed by atoms with Gasteiger partial charge in [-0.25, -0.2) is 9.37 Å². The number of esters is 1. The van der Waals surface area contributed by atoms with Gasteiger partial charge < -0.3 is 9.30 Å². The van der Waals surface area contributed by atoms with E-state index in [1.165, 1.54) is 19.2 Å². The lowest BCUT2D eigenvalue weighted by molar-refractivity contribution is -0.141. The van der Waals surface area contributed by atoms with E-state index in [0.717, 1.165) is 0 Å². The highest BCUT2D eigenvalue weighted by Crippen LogP contribution is 2.18. The molecule has 18 heavy (non-hydrogen) atoms. The number of alkyl halides is 1. The van der Waals surface area contributed by atoms with Gasteiger partial charge in [0.15, 0.2) is 0 Å². The summed E-state index contributed by atoms with van der Waals surface area (Å²) in [6.45, 7) is 0.0465. The number of hydrogen-bond acceptors (Lipinski definition) is 3. The van der Waals surface area contributed by atoms with Crippen molar-refractivity contribution in [1.82, 2.24) is 9.55 Å². The second-order valence-corrected chi connectivity index (χ2v) is 4.14. The molecule has 0 spiro atoms. The van der Waals surface area contributed by atoms with Gasteiger partial charge in [0.25, 0.3) is 0 Å². The van der Waals surface area contributed by atoms with Gasteiger partial charge in [-0.05, 0) is 12.1 Å². The molecule has 0 saturated heterocycles. The van der Waals surface area contributed by atoms with E-state index in [9.17, 15) is 9.18 Å². The summed E-state index contributed by atoms with van der Waals surface area (Å²) in [5.41, 5.74) is 1.21. The number of carbonyl (C=O) groups excluding carboxylic acids is 1. The van der Waals surface area contributed by atoms with Crippen LogP contribution < -0.4 is 0 Å². The van der Waals surface area contributed by atoms with E-state index in [2.05, 4.69) is 9.72 Å². The highest BCUT2D eigenvalue weighted by molar-refractivity contribution is 6.17. The molecule has 0 aliphatic heterocycles. The average Bonchev–Trinajstić information content (AvgIpc) is 2.67. The number of carbonyl (C=O) groups is 1. The second-order valence-electron chi connectivity index (χ2n) is 3.76. The summed E-state index contributed by atoms with van der Waals surface area (Å²) in [6.07, 6.45) is 0.509. The summed E-state index contributed by atoms with van der Waals surface area (Å²) in [5, 5.41) is 0. The van der Waals surface area contributed by atoms with E-state index < -0.39 is 0 Å². The third-order valence-electron chi connectivity index (χ3n) is 2.62. The fraction of sp³-hybridized carbons (Fsp3) is 0.333. The number of imidazole rings is 1. The number of halogens is 2. The molecule has 0 amide bonds. The van der Waals surface area contributed by atoms with E-state index in [1.807, 2.05) is 0 Å². The van der Waals surface area contributed by atoms with Crippen LogP contribution in [-0.4, -0.2) is 28.5 Å². The Morgan fingerprint density at radius 2 is 2.33 bits per heavy atom. The molecular formula is C12H12ClFN2O2. The first-order valence-corrected chi connectivity index (χ1v) is 5.96. The third-order valence-corrected chi connectivity index (χ3v) is 2.81. The number of aromatic nitrogens is 2. The zero-order valence-corrected chi connectivity index (χ0v) is 10.6. The smallest absolute Gasteiger partial charge is 0.325 e. The SMILES string of the molecule is COC(=O)Cn1c(CCCl)nc2cc(F)ccc21. The van der Waals surface area contributed by atoms with Crippen molar-refractivity contribution in [1.29, 1.82) is 0 Å². The van der Waals surface area contributed by atoms with Gasteiger partial charge in [-0.1, -0.05) is 0 Å². The molecule has 0 atom stereocenters. The standard InChI is InChI=1S/C12H12ClFN2O2/c1-18-12(17)7-16-10-3-2-8(14)6-9(10)15-11(16)4-5-13/h2-3,6H,4-5,7H2,1H3. The highest BCUT2D eigenvalue weighted by atomic mass is 35.5. The molecule has 1 aromatic carbocycles. The molecule has 1 heterocycles. The summed E-state index contributed by atoms with van der Waals surface area (Å²) in [4.78, 5) is 15.6. The van der Waals surface area contributed by atoms with Gasteiger partial charge in [-0.3, -0.25) is 4.79 Å². The number of rotatable bonds is 4. The molecule has 96 valence electrons. The van der Waals surface area contributed by atoms with Crippen molar-refractivity contribution in [3.05, 3.63) is 29.8 Å². The van der Waals surface area contributed by atoms with Crippen molar-refractivity contribution in [2.45, 2.75) is 13.0 Å². The average molecular weight is 271 g/mol. The molecule has 0 fully saturated rings. The zero-order chi connectivity index (χ0) is 13.1. The first-order chi connectivity index (χ1) is 8.65. The highest BCUT2D eigenvalue weighted by Gasteiger charge is 2.14. The lowest BCUT2D eigenvalue weighted by Gasteiger charge is -2.06. The lowest BCUT2D eigenvalue weighted by Crippen LogP contribution is -2.14. The third kappa shape index (κ3) is 2.46. The molecule has 0 saturated carbocycles. The van der Waals surface area contributed by atoms with Gasteiger partial charge in [0.1, 0.15) is 18.2 Å². The minimum Gasteiger partial charge on any atom is -0.468 e. The maximum Gasteiger partial charge on any atom is 0.325 e. The van der Waals surface area contributed by atoms with Crippen molar-refractivity contribution in [2.75, 3.05) is 13.0 Å². The predicted molar refractivity (Wildman–Crippen MR) is 66.1 cm³/mol. The van der Waals surface area contributed by atoms with Crippen LogP contribution >= 0.6 is 11.6 Å². The van der Waals surface area contributed by atoms with E-state index in [0.29, 0.717) is 29.2 Å². The molecule has 2 aromatic rings. The van der Waals surface area contributed by atoms with Crippen molar-refractivity contribution in [2.24, 2.45) is 0 Å². The number of methoxy groups -OCH3 is 1. The van der Waals surface area contributed by atoms with Crippen LogP contribution in [0.4, 0.5) is 4.39 Å². The minimum atomic E-state index is -0.380. The number of fused-ring (bicyclic) bond motifs is 1. The fourth-order valence-corrected chi connectivity index (χ4v) is 1.97.